The molecule has 0 unspecified atom stereocenters. The van der Waals surface area contributed by atoms with E-state index in [0.717, 1.165) is 50.3 Å². The first kappa shape index (κ1) is 22.4. The summed E-state index contributed by atoms with van der Waals surface area (Å²) < 4.78 is 19.5. The molecule has 7 rings (SSSR count). The lowest BCUT2D eigenvalue weighted by Crippen LogP contribution is -2.41. The van der Waals surface area contributed by atoms with Crippen molar-refractivity contribution < 1.29 is 14.0 Å². The molecule has 1 aliphatic carbocycles. The third-order valence-electron chi connectivity index (χ3n) is 8.63. The van der Waals surface area contributed by atoms with Crippen LogP contribution in [0.4, 0.5) is 0 Å². The Morgan fingerprint density at radius 1 is 0.676 bits per heavy atom. The number of hydrogen-bond donors (Lipinski definition) is 0. The molecule has 0 amide bonds. The minimum Gasteiger partial charge on any atom is -0.457 e. The van der Waals surface area contributed by atoms with E-state index >= 15 is 0 Å². The number of fused-ring (bicyclic) bond motifs is 9. The summed E-state index contributed by atoms with van der Waals surface area (Å²) in [5.41, 5.74) is 6.63. The van der Waals surface area contributed by atoms with Crippen LogP contribution in [-0.4, -0.2) is 18.3 Å². The first-order valence-electron chi connectivity index (χ1n) is 12.7. The largest absolute Gasteiger partial charge is 0.495 e. The SMILES string of the molecule is CC1(C)OB(c2cccc3c2-c2ccc(C#N)cc2C32c3ccccc3Oc3ccccc32)OC1(C)C. The topological polar surface area (TPSA) is 51.5 Å². The molecular weight excluding hydrogens is 457 g/mol. The highest BCUT2D eigenvalue weighted by Gasteiger charge is 2.56. The quantitative estimate of drug-likeness (QED) is 0.257. The molecule has 37 heavy (non-hydrogen) atoms. The molecule has 2 aliphatic heterocycles. The van der Waals surface area contributed by atoms with Gasteiger partial charge in [-0.2, -0.15) is 5.26 Å². The van der Waals surface area contributed by atoms with E-state index in [1.165, 1.54) is 0 Å². The van der Waals surface area contributed by atoms with Crippen LogP contribution in [0.15, 0.2) is 84.9 Å². The lowest BCUT2D eigenvalue weighted by molar-refractivity contribution is 0.00578. The Bertz CT molecular complexity index is 1590. The summed E-state index contributed by atoms with van der Waals surface area (Å²) in [6.45, 7) is 8.32. The molecular formula is C32H26BNO3. The average molecular weight is 483 g/mol. The van der Waals surface area contributed by atoms with Crippen LogP contribution >= 0.6 is 0 Å². The standard InChI is InChI=1S/C32H26BNO3/c1-30(2)31(3,4)37-33(36-30)26-13-9-12-24-29(26)21-17-16-20(19-34)18-25(21)32(24)22-10-5-7-14-27(22)35-28-15-8-6-11-23(28)32/h5-18H,1-4H3. The summed E-state index contributed by atoms with van der Waals surface area (Å²) in [7, 11) is -0.510. The number of rotatable bonds is 1. The lowest BCUT2D eigenvalue weighted by Gasteiger charge is -2.39. The number of para-hydroxylation sites is 2. The minimum atomic E-state index is -0.636. The molecule has 5 heteroatoms. The molecule has 0 aromatic heterocycles. The Labute approximate surface area is 217 Å². The van der Waals surface area contributed by atoms with Gasteiger partial charge in [-0.25, -0.2) is 0 Å². The van der Waals surface area contributed by atoms with Gasteiger partial charge in [0.05, 0.1) is 28.2 Å². The highest BCUT2D eigenvalue weighted by Crippen LogP contribution is 2.61. The molecule has 1 spiro atoms. The van der Waals surface area contributed by atoms with Gasteiger partial charge in [-0.1, -0.05) is 60.7 Å². The third-order valence-corrected chi connectivity index (χ3v) is 8.63. The van der Waals surface area contributed by atoms with Crippen molar-refractivity contribution in [1.82, 2.24) is 0 Å². The number of benzene rings is 4. The van der Waals surface area contributed by atoms with E-state index in [-0.39, 0.29) is 0 Å². The van der Waals surface area contributed by atoms with Gasteiger partial charge in [0.25, 0.3) is 0 Å². The molecule has 1 fully saturated rings. The van der Waals surface area contributed by atoms with E-state index in [2.05, 4.69) is 82.3 Å². The molecule has 0 N–H and O–H groups in total. The van der Waals surface area contributed by atoms with Gasteiger partial charge in [0.1, 0.15) is 11.5 Å². The van der Waals surface area contributed by atoms with Crippen molar-refractivity contribution >= 4 is 12.6 Å². The Balaban J connectivity index is 1.60. The van der Waals surface area contributed by atoms with Crippen molar-refractivity contribution in [2.24, 2.45) is 0 Å². The fourth-order valence-electron chi connectivity index (χ4n) is 6.21. The van der Waals surface area contributed by atoms with Crippen molar-refractivity contribution in [3.05, 3.63) is 113 Å². The predicted octanol–water partition coefficient (Wildman–Crippen LogP) is 6.33. The third kappa shape index (κ3) is 2.80. The van der Waals surface area contributed by atoms with Crippen molar-refractivity contribution in [3.63, 3.8) is 0 Å². The molecule has 180 valence electrons. The highest BCUT2D eigenvalue weighted by atomic mass is 16.7. The second-order valence-corrected chi connectivity index (χ2v) is 11.1. The smallest absolute Gasteiger partial charge is 0.457 e. The first-order chi connectivity index (χ1) is 17.8. The molecule has 4 aromatic rings. The Kier molecular flexibility index (Phi) is 4.44. The molecule has 1 saturated heterocycles. The fourth-order valence-corrected chi connectivity index (χ4v) is 6.21. The maximum atomic E-state index is 9.89. The van der Waals surface area contributed by atoms with Gasteiger partial charge in [0.2, 0.25) is 0 Å². The van der Waals surface area contributed by atoms with E-state index in [0.29, 0.717) is 5.56 Å². The number of ether oxygens (including phenoxy) is 1. The number of nitriles is 1. The lowest BCUT2D eigenvalue weighted by atomic mass is 9.65. The van der Waals surface area contributed by atoms with Crippen LogP contribution in [0.5, 0.6) is 11.5 Å². The zero-order valence-electron chi connectivity index (χ0n) is 21.3. The molecule has 0 radical (unpaired) electrons. The maximum absolute atomic E-state index is 9.89. The van der Waals surface area contributed by atoms with Crippen LogP contribution in [0.3, 0.4) is 0 Å². The summed E-state index contributed by atoms with van der Waals surface area (Å²) in [5, 5.41) is 9.89. The summed E-state index contributed by atoms with van der Waals surface area (Å²) in [4.78, 5) is 0. The summed E-state index contributed by atoms with van der Waals surface area (Å²) >= 11 is 0. The van der Waals surface area contributed by atoms with Gasteiger partial charge in [-0.15, -0.1) is 0 Å². The maximum Gasteiger partial charge on any atom is 0.495 e. The van der Waals surface area contributed by atoms with Crippen LogP contribution < -0.4 is 10.2 Å². The summed E-state index contributed by atoms with van der Waals surface area (Å²) in [6, 6.07) is 31.3. The zero-order chi connectivity index (χ0) is 25.6. The van der Waals surface area contributed by atoms with Gasteiger partial charge in [0, 0.05) is 11.1 Å². The van der Waals surface area contributed by atoms with Gasteiger partial charge >= 0.3 is 7.12 Å². The van der Waals surface area contributed by atoms with Gasteiger partial charge in [0.15, 0.2) is 0 Å². The van der Waals surface area contributed by atoms with Crippen molar-refractivity contribution in [2.75, 3.05) is 0 Å². The molecule has 3 aliphatic rings. The number of nitrogens with zero attached hydrogens (tertiary/aromatic N) is 1. The predicted molar refractivity (Wildman–Crippen MR) is 144 cm³/mol. The van der Waals surface area contributed by atoms with Crippen LogP contribution in [0.2, 0.25) is 0 Å². The minimum absolute atomic E-state index is 0.456. The molecule has 4 aromatic carbocycles. The molecule has 0 bridgehead atoms. The summed E-state index contributed by atoms with van der Waals surface area (Å²) in [6.07, 6.45) is 0. The Morgan fingerprint density at radius 2 is 1.27 bits per heavy atom. The highest BCUT2D eigenvalue weighted by molar-refractivity contribution is 6.64. The second kappa shape index (κ2) is 7.35. The van der Waals surface area contributed by atoms with Crippen molar-refractivity contribution in [3.8, 4) is 28.7 Å². The van der Waals surface area contributed by atoms with E-state index in [1.54, 1.807) is 0 Å². The first-order valence-corrected chi connectivity index (χ1v) is 12.7. The van der Waals surface area contributed by atoms with E-state index in [1.807, 2.05) is 36.4 Å². The van der Waals surface area contributed by atoms with E-state index in [4.69, 9.17) is 14.0 Å². The average Bonchev–Trinajstić information content (AvgIpc) is 3.31. The van der Waals surface area contributed by atoms with Crippen LogP contribution in [-0.2, 0) is 14.7 Å². The normalized spacial score (nSPS) is 18.8. The van der Waals surface area contributed by atoms with Gasteiger partial charge in [-0.05, 0) is 79.7 Å². The van der Waals surface area contributed by atoms with E-state index < -0.39 is 23.7 Å². The monoisotopic (exact) mass is 483 g/mol. The van der Waals surface area contributed by atoms with Crippen molar-refractivity contribution in [2.45, 2.75) is 44.3 Å². The molecule has 4 nitrogen and oxygen atoms in total. The van der Waals surface area contributed by atoms with E-state index in [9.17, 15) is 5.26 Å². The molecule has 0 atom stereocenters. The summed E-state index contributed by atoms with van der Waals surface area (Å²) in [5.74, 6) is 1.65. The van der Waals surface area contributed by atoms with Crippen LogP contribution in [0.25, 0.3) is 11.1 Å². The van der Waals surface area contributed by atoms with Crippen molar-refractivity contribution in [1.29, 1.82) is 5.26 Å². The second-order valence-electron chi connectivity index (χ2n) is 11.1. The van der Waals surface area contributed by atoms with Crippen LogP contribution in [0.1, 0.15) is 55.5 Å². The Hall–Kier alpha value is -3.85. The zero-order valence-corrected chi connectivity index (χ0v) is 21.3. The van der Waals surface area contributed by atoms with Gasteiger partial charge in [-0.3, -0.25) is 0 Å². The number of hydrogen-bond acceptors (Lipinski definition) is 4. The fraction of sp³-hybridized carbons (Fsp3) is 0.219. The molecule has 2 heterocycles. The molecule has 0 saturated carbocycles. The van der Waals surface area contributed by atoms with Crippen LogP contribution in [0, 0.1) is 11.3 Å². The Morgan fingerprint density at radius 3 is 1.89 bits per heavy atom. The van der Waals surface area contributed by atoms with Gasteiger partial charge < -0.3 is 14.0 Å².